The molecule has 0 radical (unpaired) electrons. The van der Waals surface area contributed by atoms with Crippen molar-refractivity contribution in [2.75, 3.05) is 0 Å². The lowest BCUT2D eigenvalue weighted by atomic mass is 9.87. The lowest BCUT2D eigenvalue weighted by Crippen LogP contribution is -2.16. The Morgan fingerprint density at radius 1 is 1.46 bits per heavy atom. The normalized spacial score (nSPS) is 34.9. The molecule has 0 aromatic heterocycles. The summed E-state index contributed by atoms with van der Waals surface area (Å²) in [4.78, 5) is 0. The molecule has 13 heavy (non-hydrogen) atoms. The first-order chi connectivity index (χ1) is 6.08. The molecule has 0 spiro atoms. The first-order valence-corrected chi connectivity index (χ1v) is 4.47. The molecule has 1 saturated heterocycles. The summed E-state index contributed by atoms with van der Waals surface area (Å²) in [5, 5.41) is 0. The minimum absolute atomic E-state index is 0.174. The molecule has 1 fully saturated rings. The molecule has 1 nitrogen and oxygen atoms in total. The van der Waals surface area contributed by atoms with E-state index in [9.17, 15) is 0 Å². The van der Waals surface area contributed by atoms with Gasteiger partial charge in [-0.05, 0) is 31.1 Å². The second kappa shape index (κ2) is 2.46. The zero-order chi connectivity index (χ0) is 9.64. The maximum Gasteiger partial charge on any atom is 0.138 e. The Labute approximate surface area is 79.1 Å². The van der Waals surface area contributed by atoms with Crippen LogP contribution in [0.1, 0.15) is 13.8 Å². The average Bonchev–Trinajstić information content (AvgIpc) is 2.77. The monoisotopic (exact) mass is 174 g/mol. The lowest BCUT2D eigenvalue weighted by Gasteiger charge is -2.12. The van der Waals surface area contributed by atoms with Crippen LogP contribution in [0.3, 0.4) is 0 Å². The minimum atomic E-state index is -0.205. The van der Waals surface area contributed by atoms with Crippen molar-refractivity contribution in [2.24, 2.45) is 0 Å². The van der Waals surface area contributed by atoms with Crippen LogP contribution in [-0.4, -0.2) is 11.7 Å². The number of fused-ring (bicyclic) bond motifs is 1. The topological polar surface area (TPSA) is 12.5 Å². The Balaban J connectivity index is 2.33. The Morgan fingerprint density at radius 2 is 2.15 bits per heavy atom. The first kappa shape index (κ1) is 8.52. The van der Waals surface area contributed by atoms with Crippen molar-refractivity contribution >= 4 is 0 Å². The van der Waals surface area contributed by atoms with Gasteiger partial charge in [0.05, 0.1) is 0 Å². The predicted octanol–water partition coefficient (Wildman–Crippen LogP) is 2.77. The third-order valence-electron chi connectivity index (χ3n) is 2.71. The van der Waals surface area contributed by atoms with Crippen LogP contribution in [0, 0.1) is 0 Å². The van der Waals surface area contributed by atoms with E-state index in [1.165, 1.54) is 5.57 Å². The molecule has 2 unspecified atom stereocenters. The largest absolute Gasteiger partial charge is 0.352 e. The van der Waals surface area contributed by atoms with Gasteiger partial charge in [-0.3, -0.25) is 0 Å². The van der Waals surface area contributed by atoms with Crippen molar-refractivity contribution in [3.63, 3.8) is 0 Å². The molecule has 0 amide bonds. The number of ether oxygens (including phenoxy) is 1. The average molecular weight is 174 g/mol. The van der Waals surface area contributed by atoms with Crippen LogP contribution in [0.15, 0.2) is 48.1 Å². The zero-order valence-corrected chi connectivity index (χ0v) is 8.13. The fourth-order valence-corrected chi connectivity index (χ4v) is 1.80. The molecule has 68 valence electrons. The Kier molecular flexibility index (Phi) is 1.61. The van der Waals surface area contributed by atoms with Gasteiger partial charge in [0.2, 0.25) is 0 Å². The summed E-state index contributed by atoms with van der Waals surface area (Å²) in [5.74, 6) is 0. The molecule has 0 aromatic rings. The maximum absolute atomic E-state index is 5.69. The fraction of sp³-hybridized carbons (Fsp3) is 0.333. The van der Waals surface area contributed by atoms with E-state index in [-0.39, 0.29) is 11.7 Å². The fourth-order valence-electron chi connectivity index (χ4n) is 1.80. The molecule has 0 saturated carbocycles. The Hall–Kier alpha value is -1.08. The van der Waals surface area contributed by atoms with Crippen molar-refractivity contribution in [3.8, 4) is 0 Å². The standard InChI is InChI=1S/C12H14O/c1-8(2)10-6-5-7-12(9(3)4)11(10)13-12/h5-7,11H,1,3H2,2,4H3. The number of hydrogen-bond acceptors (Lipinski definition) is 1. The molecule has 0 N–H and O–H groups in total. The molecule has 2 atom stereocenters. The molecule has 1 aliphatic carbocycles. The van der Waals surface area contributed by atoms with Gasteiger partial charge in [-0.2, -0.15) is 0 Å². The Morgan fingerprint density at radius 3 is 2.69 bits per heavy atom. The number of allylic oxidation sites excluding steroid dienone is 2. The van der Waals surface area contributed by atoms with Crippen LogP contribution >= 0.6 is 0 Å². The highest BCUT2D eigenvalue weighted by Crippen LogP contribution is 2.50. The highest BCUT2D eigenvalue weighted by Gasteiger charge is 2.57. The summed E-state index contributed by atoms with van der Waals surface area (Å²) in [7, 11) is 0. The number of rotatable bonds is 2. The summed E-state index contributed by atoms with van der Waals surface area (Å²) in [6, 6.07) is 0. The summed E-state index contributed by atoms with van der Waals surface area (Å²) >= 11 is 0. The molecule has 0 bridgehead atoms. The SMILES string of the molecule is C=C(C)C1=CC=CC2(C(=C)C)OC12. The zero-order valence-electron chi connectivity index (χ0n) is 8.13. The summed E-state index contributed by atoms with van der Waals surface area (Å²) < 4.78 is 5.69. The van der Waals surface area contributed by atoms with E-state index in [4.69, 9.17) is 4.74 Å². The number of hydrogen-bond donors (Lipinski definition) is 0. The second-order valence-electron chi connectivity index (χ2n) is 3.83. The van der Waals surface area contributed by atoms with Crippen LogP contribution in [-0.2, 0) is 4.74 Å². The van der Waals surface area contributed by atoms with Crippen LogP contribution in [0.25, 0.3) is 0 Å². The van der Waals surface area contributed by atoms with Crippen LogP contribution in [0.5, 0.6) is 0 Å². The highest BCUT2D eigenvalue weighted by atomic mass is 16.6. The van der Waals surface area contributed by atoms with Gasteiger partial charge < -0.3 is 4.74 Å². The predicted molar refractivity (Wildman–Crippen MR) is 54.5 cm³/mol. The first-order valence-electron chi connectivity index (χ1n) is 4.47. The van der Waals surface area contributed by atoms with Gasteiger partial charge in [0.15, 0.2) is 0 Å². The van der Waals surface area contributed by atoms with E-state index in [0.717, 1.165) is 11.1 Å². The smallest absolute Gasteiger partial charge is 0.138 e. The molecule has 2 rings (SSSR count). The molecule has 1 heterocycles. The van der Waals surface area contributed by atoms with E-state index in [2.05, 4.69) is 25.3 Å². The van der Waals surface area contributed by atoms with Crippen LogP contribution in [0.2, 0.25) is 0 Å². The van der Waals surface area contributed by atoms with Crippen LogP contribution < -0.4 is 0 Å². The molecule has 1 heteroatoms. The van der Waals surface area contributed by atoms with Crippen LogP contribution in [0.4, 0.5) is 0 Å². The van der Waals surface area contributed by atoms with Gasteiger partial charge in [0.1, 0.15) is 11.7 Å². The molecular formula is C12H14O. The van der Waals surface area contributed by atoms with E-state index in [0.29, 0.717) is 0 Å². The van der Waals surface area contributed by atoms with E-state index in [1.54, 1.807) is 0 Å². The highest BCUT2D eigenvalue weighted by molar-refractivity contribution is 5.51. The van der Waals surface area contributed by atoms with E-state index < -0.39 is 0 Å². The van der Waals surface area contributed by atoms with Gasteiger partial charge in [-0.1, -0.05) is 30.9 Å². The quantitative estimate of drug-likeness (QED) is 0.463. The van der Waals surface area contributed by atoms with Gasteiger partial charge in [-0.25, -0.2) is 0 Å². The van der Waals surface area contributed by atoms with Gasteiger partial charge >= 0.3 is 0 Å². The van der Waals surface area contributed by atoms with Gasteiger partial charge in [0, 0.05) is 0 Å². The summed E-state index contributed by atoms with van der Waals surface area (Å²) in [6.45, 7) is 11.9. The molecule has 0 aromatic carbocycles. The minimum Gasteiger partial charge on any atom is -0.352 e. The second-order valence-corrected chi connectivity index (χ2v) is 3.83. The molecule has 1 aliphatic heterocycles. The maximum atomic E-state index is 5.69. The van der Waals surface area contributed by atoms with Crippen molar-refractivity contribution in [1.82, 2.24) is 0 Å². The van der Waals surface area contributed by atoms with Crippen molar-refractivity contribution < 1.29 is 4.74 Å². The Bertz CT molecular complexity index is 346. The third-order valence-corrected chi connectivity index (χ3v) is 2.71. The van der Waals surface area contributed by atoms with Gasteiger partial charge in [0.25, 0.3) is 0 Å². The summed E-state index contributed by atoms with van der Waals surface area (Å²) in [6.07, 6.45) is 6.35. The summed E-state index contributed by atoms with van der Waals surface area (Å²) in [5.41, 5.74) is 3.15. The molecular weight excluding hydrogens is 160 g/mol. The van der Waals surface area contributed by atoms with Crippen molar-refractivity contribution in [2.45, 2.75) is 25.6 Å². The van der Waals surface area contributed by atoms with Crippen molar-refractivity contribution in [1.29, 1.82) is 0 Å². The third kappa shape index (κ3) is 1.04. The lowest BCUT2D eigenvalue weighted by molar-refractivity contribution is 0.365. The van der Waals surface area contributed by atoms with Crippen molar-refractivity contribution in [3.05, 3.63) is 48.1 Å². The van der Waals surface area contributed by atoms with E-state index >= 15 is 0 Å². The number of epoxide rings is 1. The van der Waals surface area contributed by atoms with Gasteiger partial charge in [-0.15, -0.1) is 0 Å². The van der Waals surface area contributed by atoms with E-state index in [1.807, 2.05) is 19.9 Å². The molecule has 2 aliphatic rings.